The third kappa shape index (κ3) is 5.07. The van der Waals surface area contributed by atoms with Crippen molar-refractivity contribution in [3.63, 3.8) is 0 Å². The average molecular weight is 454 g/mol. The van der Waals surface area contributed by atoms with Gasteiger partial charge in [-0.1, -0.05) is 45.0 Å². The molecule has 0 unspecified atom stereocenters. The van der Waals surface area contributed by atoms with E-state index in [9.17, 15) is 9.59 Å². The predicted molar refractivity (Wildman–Crippen MR) is 130 cm³/mol. The fourth-order valence-electron chi connectivity index (χ4n) is 4.84. The normalized spacial score (nSPS) is 19.7. The van der Waals surface area contributed by atoms with E-state index in [2.05, 4.69) is 68.3 Å². The third-order valence-electron chi connectivity index (χ3n) is 6.55. The summed E-state index contributed by atoms with van der Waals surface area (Å²) in [6.45, 7) is 12.3. The van der Waals surface area contributed by atoms with Gasteiger partial charge in [0, 0.05) is 44.0 Å². The number of benzene rings is 1. The van der Waals surface area contributed by atoms with Crippen LogP contribution < -0.4 is 0 Å². The molecule has 1 fully saturated rings. The molecule has 0 spiro atoms. The number of rotatable bonds is 4. The Hall–Kier alpha value is -2.18. The van der Waals surface area contributed by atoms with Crippen molar-refractivity contribution in [3.8, 4) is 0 Å². The van der Waals surface area contributed by atoms with Gasteiger partial charge in [-0.05, 0) is 46.9 Å². The Labute approximate surface area is 196 Å². The summed E-state index contributed by atoms with van der Waals surface area (Å²) in [5.41, 5.74) is 3.89. The molecular formula is C26H35N3O2S. The Kier molecular flexibility index (Phi) is 6.72. The molecule has 1 aromatic heterocycles. The number of aryl methyl sites for hydroxylation is 1. The fourth-order valence-corrected chi connectivity index (χ4v) is 5.74. The highest BCUT2D eigenvalue weighted by Crippen LogP contribution is 2.38. The van der Waals surface area contributed by atoms with Crippen molar-refractivity contribution in [2.24, 2.45) is 5.41 Å². The molecule has 2 aliphatic heterocycles. The minimum absolute atomic E-state index is 0.0105. The van der Waals surface area contributed by atoms with Crippen molar-refractivity contribution in [1.82, 2.24) is 14.7 Å². The van der Waals surface area contributed by atoms with E-state index in [1.807, 2.05) is 21.1 Å². The van der Waals surface area contributed by atoms with E-state index in [4.69, 9.17) is 0 Å². The topological polar surface area (TPSA) is 43.9 Å². The van der Waals surface area contributed by atoms with Crippen molar-refractivity contribution >= 4 is 23.2 Å². The maximum Gasteiger partial charge on any atom is 0.236 e. The molecule has 0 radical (unpaired) electrons. The van der Waals surface area contributed by atoms with Crippen LogP contribution in [0.25, 0.3) is 0 Å². The Bertz CT molecular complexity index is 969. The van der Waals surface area contributed by atoms with E-state index in [0.717, 1.165) is 13.0 Å². The lowest BCUT2D eigenvalue weighted by atomic mass is 9.90. The molecule has 0 aliphatic carbocycles. The Balaban J connectivity index is 1.43. The molecule has 0 N–H and O–H groups in total. The van der Waals surface area contributed by atoms with E-state index in [1.54, 1.807) is 0 Å². The summed E-state index contributed by atoms with van der Waals surface area (Å²) in [5.74, 6) is 0.371. The molecule has 6 heteroatoms. The quantitative estimate of drug-likeness (QED) is 0.700. The van der Waals surface area contributed by atoms with Gasteiger partial charge >= 0.3 is 0 Å². The number of carbonyl (C=O) groups excluding carboxylic acids is 2. The molecule has 172 valence electrons. The van der Waals surface area contributed by atoms with Crippen LogP contribution >= 0.6 is 11.3 Å². The van der Waals surface area contributed by atoms with Crippen molar-refractivity contribution < 1.29 is 9.59 Å². The van der Waals surface area contributed by atoms with Gasteiger partial charge in [0.1, 0.15) is 0 Å². The SMILES string of the molecule is Cc1ccccc1[C@H]1c2ccsc2CCN1CC(=O)N1CCN(C(=O)CC(C)(C)C)CC1. The standard InChI is InChI=1S/C26H35N3O2S/c1-19-7-5-6-8-20(19)25-21-10-16-32-22(21)9-11-29(25)18-24(31)28-14-12-27(13-15-28)23(30)17-26(2,3)4/h5-8,10,16,25H,9,11-15,17-18H2,1-4H3/t25-/m0/s1. The van der Waals surface area contributed by atoms with Gasteiger partial charge in [-0.15, -0.1) is 11.3 Å². The van der Waals surface area contributed by atoms with Crippen LogP contribution in [0.15, 0.2) is 35.7 Å². The Morgan fingerprint density at radius 2 is 1.59 bits per heavy atom. The minimum Gasteiger partial charge on any atom is -0.339 e. The lowest BCUT2D eigenvalue weighted by Gasteiger charge is -2.40. The van der Waals surface area contributed by atoms with Crippen molar-refractivity contribution in [3.05, 3.63) is 57.3 Å². The monoisotopic (exact) mass is 453 g/mol. The second kappa shape index (κ2) is 9.36. The zero-order chi connectivity index (χ0) is 22.9. The smallest absolute Gasteiger partial charge is 0.236 e. The first kappa shape index (κ1) is 23.0. The summed E-state index contributed by atoms with van der Waals surface area (Å²) < 4.78 is 0. The van der Waals surface area contributed by atoms with Gasteiger partial charge in [-0.2, -0.15) is 0 Å². The van der Waals surface area contributed by atoms with E-state index in [-0.39, 0.29) is 23.3 Å². The van der Waals surface area contributed by atoms with Crippen LogP contribution in [-0.2, 0) is 16.0 Å². The van der Waals surface area contributed by atoms with Gasteiger partial charge in [-0.3, -0.25) is 14.5 Å². The van der Waals surface area contributed by atoms with Gasteiger partial charge in [0.15, 0.2) is 0 Å². The summed E-state index contributed by atoms with van der Waals surface area (Å²) in [5, 5.41) is 2.18. The molecule has 0 saturated carbocycles. The van der Waals surface area contributed by atoms with Crippen LogP contribution in [0, 0.1) is 12.3 Å². The summed E-state index contributed by atoms with van der Waals surface area (Å²) in [7, 11) is 0. The van der Waals surface area contributed by atoms with Crippen LogP contribution in [0.3, 0.4) is 0 Å². The summed E-state index contributed by atoms with van der Waals surface area (Å²) in [4.78, 5) is 33.5. The second-order valence-corrected chi connectivity index (χ2v) is 11.3. The number of piperazine rings is 1. The maximum absolute atomic E-state index is 13.3. The summed E-state index contributed by atoms with van der Waals surface area (Å²) in [6, 6.07) is 10.9. The number of amides is 2. The zero-order valence-corrected chi connectivity index (χ0v) is 20.6. The Morgan fingerprint density at radius 1 is 0.938 bits per heavy atom. The first-order chi connectivity index (χ1) is 15.2. The lowest BCUT2D eigenvalue weighted by Crippen LogP contribution is -2.53. The van der Waals surface area contributed by atoms with E-state index >= 15 is 0 Å². The van der Waals surface area contributed by atoms with Gasteiger partial charge in [0.2, 0.25) is 11.8 Å². The predicted octanol–water partition coefficient (Wildman–Crippen LogP) is 4.11. The molecule has 5 nitrogen and oxygen atoms in total. The highest BCUT2D eigenvalue weighted by molar-refractivity contribution is 7.10. The van der Waals surface area contributed by atoms with Crippen molar-refractivity contribution in [2.45, 2.75) is 46.6 Å². The number of carbonyl (C=O) groups is 2. The van der Waals surface area contributed by atoms with E-state index < -0.39 is 0 Å². The molecule has 2 aromatic rings. The molecule has 2 aliphatic rings. The maximum atomic E-state index is 13.3. The molecule has 1 aromatic carbocycles. The first-order valence-electron chi connectivity index (χ1n) is 11.6. The van der Waals surface area contributed by atoms with Crippen molar-refractivity contribution in [2.75, 3.05) is 39.3 Å². The van der Waals surface area contributed by atoms with Crippen LogP contribution in [-0.4, -0.2) is 65.8 Å². The number of hydrogen-bond acceptors (Lipinski definition) is 4. The minimum atomic E-state index is -0.0105. The lowest BCUT2D eigenvalue weighted by molar-refractivity contribution is -0.141. The molecule has 3 heterocycles. The van der Waals surface area contributed by atoms with Crippen LogP contribution in [0.4, 0.5) is 0 Å². The summed E-state index contributed by atoms with van der Waals surface area (Å²) >= 11 is 1.83. The van der Waals surface area contributed by atoms with Gasteiger partial charge in [-0.25, -0.2) is 0 Å². The molecule has 4 rings (SSSR count). The van der Waals surface area contributed by atoms with Gasteiger partial charge in [0.25, 0.3) is 0 Å². The average Bonchev–Trinajstić information content (AvgIpc) is 3.22. The molecule has 0 bridgehead atoms. The number of thiophene rings is 1. The fraction of sp³-hybridized carbons (Fsp3) is 0.538. The molecule has 1 atom stereocenters. The molecular weight excluding hydrogens is 418 g/mol. The zero-order valence-electron chi connectivity index (χ0n) is 19.8. The third-order valence-corrected chi connectivity index (χ3v) is 7.55. The van der Waals surface area contributed by atoms with Gasteiger partial charge in [0.05, 0.1) is 12.6 Å². The van der Waals surface area contributed by atoms with E-state index in [1.165, 1.54) is 21.6 Å². The number of nitrogens with zero attached hydrogens (tertiary/aromatic N) is 3. The van der Waals surface area contributed by atoms with Crippen LogP contribution in [0.1, 0.15) is 54.8 Å². The Morgan fingerprint density at radius 3 is 2.25 bits per heavy atom. The summed E-state index contributed by atoms with van der Waals surface area (Å²) in [6.07, 6.45) is 1.55. The number of fused-ring (bicyclic) bond motifs is 1. The molecule has 2 amide bonds. The molecule has 32 heavy (non-hydrogen) atoms. The largest absolute Gasteiger partial charge is 0.339 e. The van der Waals surface area contributed by atoms with Crippen LogP contribution in [0.2, 0.25) is 0 Å². The van der Waals surface area contributed by atoms with Crippen LogP contribution in [0.5, 0.6) is 0 Å². The second-order valence-electron chi connectivity index (χ2n) is 10.3. The first-order valence-corrected chi connectivity index (χ1v) is 12.5. The van der Waals surface area contributed by atoms with E-state index in [0.29, 0.717) is 39.1 Å². The molecule has 1 saturated heterocycles. The van der Waals surface area contributed by atoms with Gasteiger partial charge < -0.3 is 9.80 Å². The van der Waals surface area contributed by atoms with Crippen molar-refractivity contribution in [1.29, 1.82) is 0 Å². The highest BCUT2D eigenvalue weighted by Gasteiger charge is 2.33. The number of hydrogen-bond donors (Lipinski definition) is 0. The highest BCUT2D eigenvalue weighted by atomic mass is 32.1.